The second-order valence-corrected chi connectivity index (χ2v) is 6.53. The number of anilines is 1. The summed E-state index contributed by atoms with van der Waals surface area (Å²) in [6, 6.07) is 5.92. The van der Waals surface area contributed by atoms with Gasteiger partial charge in [0.15, 0.2) is 0 Å². The topological polar surface area (TPSA) is 86.9 Å². The molecule has 2 rings (SSSR count). The Morgan fingerprint density at radius 2 is 1.88 bits per heavy atom. The number of carbonyl (C=O) groups excluding carboxylic acids is 1. The lowest BCUT2D eigenvalue weighted by Gasteiger charge is -2.31. The maximum absolute atomic E-state index is 12.4. The van der Waals surface area contributed by atoms with Gasteiger partial charge in [-0.15, -0.1) is 0 Å². The zero-order chi connectivity index (χ0) is 17.7. The molecule has 24 heavy (non-hydrogen) atoms. The van der Waals surface area contributed by atoms with Crippen molar-refractivity contribution in [3.05, 3.63) is 34.4 Å². The minimum Gasteiger partial charge on any atom is -0.393 e. The van der Waals surface area contributed by atoms with Crippen molar-refractivity contribution in [2.75, 3.05) is 32.1 Å². The van der Waals surface area contributed by atoms with E-state index in [9.17, 15) is 20.0 Å². The van der Waals surface area contributed by atoms with Gasteiger partial charge in [0, 0.05) is 31.4 Å². The molecule has 0 heterocycles. The van der Waals surface area contributed by atoms with Crippen molar-refractivity contribution < 1.29 is 14.8 Å². The van der Waals surface area contributed by atoms with Gasteiger partial charge in [-0.3, -0.25) is 19.8 Å². The zero-order valence-corrected chi connectivity index (χ0v) is 14.2. The van der Waals surface area contributed by atoms with Crippen molar-refractivity contribution in [3.63, 3.8) is 0 Å². The molecule has 7 heteroatoms. The number of amides is 1. The molecule has 0 aromatic heterocycles. The molecule has 0 bridgehead atoms. The van der Waals surface area contributed by atoms with Crippen LogP contribution in [0.4, 0.5) is 11.4 Å². The Kier molecular flexibility index (Phi) is 6.28. The van der Waals surface area contributed by atoms with Crippen LogP contribution in [0, 0.1) is 16.0 Å². The lowest BCUT2D eigenvalue weighted by atomic mass is 9.86. The summed E-state index contributed by atoms with van der Waals surface area (Å²) in [5.41, 5.74) is 0.625. The third kappa shape index (κ3) is 4.75. The Bertz CT molecular complexity index is 576. The van der Waals surface area contributed by atoms with Gasteiger partial charge in [0.1, 0.15) is 0 Å². The Balaban J connectivity index is 1.89. The summed E-state index contributed by atoms with van der Waals surface area (Å²) >= 11 is 0. The normalized spacial score (nSPS) is 20.8. The summed E-state index contributed by atoms with van der Waals surface area (Å²) in [6.45, 7) is 0.942. The number of aliphatic hydroxyl groups excluding tert-OH is 1. The number of nitro benzene ring substituents is 1. The van der Waals surface area contributed by atoms with E-state index in [0.717, 1.165) is 25.7 Å². The molecule has 0 saturated heterocycles. The van der Waals surface area contributed by atoms with E-state index in [1.807, 2.05) is 11.9 Å². The molecule has 1 aliphatic carbocycles. The maximum atomic E-state index is 12.4. The maximum Gasteiger partial charge on any atom is 0.269 e. The second kappa shape index (κ2) is 8.21. The van der Waals surface area contributed by atoms with Crippen molar-refractivity contribution in [3.8, 4) is 0 Å². The number of benzene rings is 1. The monoisotopic (exact) mass is 335 g/mol. The summed E-state index contributed by atoms with van der Waals surface area (Å²) in [6.07, 6.45) is 3.77. The fourth-order valence-corrected chi connectivity index (χ4v) is 3.14. The standard InChI is InChI=1S/C17H25N3O4/c1-18(11-13-5-3-4-6-16(13)21)12-17(22)19(2)14-7-9-15(10-8-14)20(23)24/h7-10,13,16,21H,3-6,11-12H2,1-2H3. The quantitative estimate of drug-likeness (QED) is 0.635. The van der Waals surface area contributed by atoms with Gasteiger partial charge in [-0.25, -0.2) is 0 Å². The van der Waals surface area contributed by atoms with Crippen LogP contribution < -0.4 is 4.90 Å². The number of aliphatic hydroxyl groups is 1. The highest BCUT2D eigenvalue weighted by atomic mass is 16.6. The molecule has 1 saturated carbocycles. The number of hydrogen-bond donors (Lipinski definition) is 1. The van der Waals surface area contributed by atoms with Gasteiger partial charge in [-0.2, -0.15) is 0 Å². The van der Waals surface area contributed by atoms with Gasteiger partial charge in [-0.1, -0.05) is 12.8 Å². The van der Waals surface area contributed by atoms with Crippen LogP contribution in [-0.4, -0.2) is 54.1 Å². The molecule has 2 atom stereocenters. The molecule has 1 fully saturated rings. The number of likely N-dealkylation sites (N-methyl/N-ethyl adjacent to an activating group) is 2. The van der Waals surface area contributed by atoms with Gasteiger partial charge >= 0.3 is 0 Å². The van der Waals surface area contributed by atoms with E-state index in [0.29, 0.717) is 12.2 Å². The molecule has 7 nitrogen and oxygen atoms in total. The van der Waals surface area contributed by atoms with E-state index >= 15 is 0 Å². The second-order valence-electron chi connectivity index (χ2n) is 6.53. The van der Waals surface area contributed by atoms with Gasteiger partial charge in [0.25, 0.3) is 5.69 Å². The molecule has 2 unspecified atom stereocenters. The van der Waals surface area contributed by atoms with E-state index in [4.69, 9.17) is 0 Å². The predicted molar refractivity (Wildman–Crippen MR) is 92.0 cm³/mol. The van der Waals surface area contributed by atoms with Crippen LogP contribution in [0.3, 0.4) is 0 Å². The fourth-order valence-electron chi connectivity index (χ4n) is 3.14. The van der Waals surface area contributed by atoms with E-state index < -0.39 is 4.92 Å². The van der Waals surface area contributed by atoms with Gasteiger partial charge in [0.2, 0.25) is 5.91 Å². The Hall–Kier alpha value is -1.99. The first kappa shape index (κ1) is 18.4. The van der Waals surface area contributed by atoms with Crippen molar-refractivity contribution >= 4 is 17.3 Å². The van der Waals surface area contributed by atoms with Gasteiger partial charge in [-0.05, 0) is 37.9 Å². The van der Waals surface area contributed by atoms with Crippen LogP contribution in [0.15, 0.2) is 24.3 Å². The first-order valence-electron chi connectivity index (χ1n) is 8.26. The van der Waals surface area contributed by atoms with E-state index in [1.54, 1.807) is 19.2 Å². The molecular formula is C17H25N3O4. The number of carbonyl (C=O) groups is 1. The predicted octanol–water partition coefficient (Wildman–Crippen LogP) is 2.04. The number of hydrogen-bond acceptors (Lipinski definition) is 5. The van der Waals surface area contributed by atoms with Crippen molar-refractivity contribution in [2.24, 2.45) is 5.92 Å². The number of non-ortho nitro benzene ring substituents is 1. The number of rotatable bonds is 6. The summed E-state index contributed by atoms with van der Waals surface area (Å²) in [4.78, 5) is 26.0. The minimum atomic E-state index is -0.463. The molecule has 0 spiro atoms. The Labute approximate surface area is 142 Å². The SMILES string of the molecule is CN(CC(=O)N(C)c1ccc([N+](=O)[O-])cc1)CC1CCCCC1O. The van der Waals surface area contributed by atoms with Crippen LogP contribution in [0.5, 0.6) is 0 Å². The van der Waals surface area contributed by atoms with Crippen molar-refractivity contribution in [1.82, 2.24) is 4.90 Å². The molecule has 1 amide bonds. The Morgan fingerprint density at radius 1 is 1.25 bits per heavy atom. The summed E-state index contributed by atoms with van der Waals surface area (Å²) in [5.74, 6) is 0.137. The highest BCUT2D eigenvalue weighted by Crippen LogP contribution is 2.25. The van der Waals surface area contributed by atoms with Crippen LogP contribution in [-0.2, 0) is 4.79 Å². The number of nitrogens with zero attached hydrogens (tertiary/aromatic N) is 3. The average molecular weight is 335 g/mol. The number of nitro groups is 1. The molecule has 0 radical (unpaired) electrons. The smallest absolute Gasteiger partial charge is 0.269 e. The van der Waals surface area contributed by atoms with Gasteiger partial charge < -0.3 is 10.0 Å². The first-order chi connectivity index (χ1) is 11.4. The molecule has 1 aromatic carbocycles. The highest BCUT2D eigenvalue weighted by molar-refractivity contribution is 5.94. The summed E-state index contributed by atoms with van der Waals surface area (Å²) in [7, 11) is 3.54. The molecule has 0 aliphatic heterocycles. The van der Waals surface area contributed by atoms with E-state index in [1.165, 1.54) is 17.0 Å². The van der Waals surface area contributed by atoms with Crippen LogP contribution >= 0.6 is 0 Å². The highest BCUT2D eigenvalue weighted by Gasteiger charge is 2.25. The largest absolute Gasteiger partial charge is 0.393 e. The molecule has 132 valence electrons. The Morgan fingerprint density at radius 3 is 2.46 bits per heavy atom. The molecule has 1 N–H and O–H groups in total. The zero-order valence-electron chi connectivity index (χ0n) is 14.2. The molecular weight excluding hydrogens is 310 g/mol. The average Bonchev–Trinajstić information content (AvgIpc) is 2.56. The van der Waals surface area contributed by atoms with Gasteiger partial charge in [0.05, 0.1) is 17.6 Å². The first-order valence-corrected chi connectivity index (χ1v) is 8.26. The fraction of sp³-hybridized carbons (Fsp3) is 0.588. The molecule has 1 aliphatic rings. The third-order valence-electron chi connectivity index (χ3n) is 4.64. The third-order valence-corrected chi connectivity index (χ3v) is 4.64. The van der Waals surface area contributed by atoms with Crippen LogP contribution in [0.1, 0.15) is 25.7 Å². The van der Waals surface area contributed by atoms with E-state index in [-0.39, 0.29) is 30.2 Å². The van der Waals surface area contributed by atoms with E-state index in [2.05, 4.69) is 0 Å². The summed E-state index contributed by atoms with van der Waals surface area (Å²) < 4.78 is 0. The molecule has 1 aromatic rings. The van der Waals surface area contributed by atoms with Crippen molar-refractivity contribution in [1.29, 1.82) is 0 Å². The lowest BCUT2D eigenvalue weighted by molar-refractivity contribution is -0.384. The summed E-state index contributed by atoms with van der Waals surface area (Å²) in [5, 5.41) is 20.7. The minimum absolute atomic E-state index is 0.00278. The lowest BCUT2D eigenvalue weighted by Crippen LogP contribution is -2.41. The van der Waals surface area contributed by atoms with Crippen molar-refractivity contribution in [2.45, 2.75) is 31.8 Å². The van der Waals surface area contributed by atoms with Crippen LogP contribution in [0.2, 0.25) is 0 Å². The van der Waals surface area contributed by atoms with Crippen LogP contribution in [0.25, 0.3) is 0 Å².